The third-order valence-corrected chi connectivity index (χ3v) is 3.52. The number of nitrogens with one attached hydrogen (secondary N) is 1. The monoisotopic (exact) mass is 233 g/mol. The van der Waals surface area contributed by atoms with Crippen LogP contribution >= 0.6 is 0 Å². The van der Waals surface area contributed by atoms with Crippen LogP contribution in [-0.4, -0.2) is 22.2 Å². The third-order valence-electron chi connectivity index (χ3n) is 3.52. The molecule has 1 aromatic heterocycles. The Morgan fingerprint density at radius 1 is 1.41 bits per heavy atom. The van der Waals surface area contributed by atoms with Crippen molar-refractivity contribution in [1.82, 2.24) is 15.1 Å². The summed E-state index contributed by atoms with van der Waals surface area (Å²) in [7, 11) is 0. The minimum atomic E-state index is 0.0348. The molecule has 17 heavy (non-hydrogen) atoms. The molecule has 0 bridgehead atoms. The summed E-state index contributed by atoms with van der Waals surface area (Å²) >= 11 is 0. The van der Waals surface area contributed by atoms with Crippen molar-refractivity contribution in [1.29, 1.82) is 0 Å². The van der Waals surface area contributed by atoms with Gasteiger partial charge in [-0.3, -0.25) is 9.48 Å². The number of carbonyl (C=O) groups excluding carboxylic acids is 1. The van der Waals surface area contributed by atoms with Gasteiger partial charge in [-0.05, 0) is 31.7 Å². The summed E-state index contributed by atoms with van der Waals surface area (Å²) in [6.45, 7) is 3.04. The highest BCUT2D eigenvalue weighted by Crippen LogP contribution is 2.44. The van der Waals surface area contributed by atoms with Crippen LogP contribution in [-0.2, 0) is 11.3 Å². The van der Waals surface area contributed by atoms with Gasteiger partial charge in [0.15, 0.2) is 0 Å². The minimum absolute atomic E-state index is 0.0348. The number of carbonyl (C=O) groups is 1. The molecule has 1 heterocycles. The molecule has 0 aromatic carbocycles. The number of aromatic nitrogens is 2. The lowest BCUT2D eigenvalue weighted by atomic mass is 10.2. The van der Waals surface area contributed by atoms with Gasteiger partial charge in [0.05, 0.1) is 12.2 Å². The Morgan fingerprint density at radius 3 is 2.71 bits per heavy atom. The molecule has 1 N–H and O–H groups in total. The van der Waals surface area contributed by atoms with E-state index in [2.05, 4.69) is 16.1 Å². The lowest BCUT2D eigenvalue weighted by molar-refractivity contribution is -0.118. The van der Waals surface area contributed by atoms with E-state index in [9.17, 15) is 4.79 Å². The predicted octanol–water partition coefficient (Wildman–Crippen LogP) is 1.77. The highest BCUT2D eigenvalue weighted by Gasteiger charge is 2.32. The van der Waals surface area contributed by atoms with Crippen molar-refractivity contribution >= 4 is 5.91 Å². The maximum absolute atomic E-state index is 10.8. The molecule has 2 saturated carbocycles. The van der Waals surface area contributed by atoms with Crippen LogP contribution in [0.25, 0.3) is 0 Å². The van der Waals surface area contributed by atoms with Gasteiger partial charge in [0.1, 0.15) is 0 Å². The first-order valence-corrected chi connectivity index (χ1v) is 6.56. The first-order chi connectivity index (χ1) is 8.24. The smallest absolute Gasteiger partial charge is 0.216 e. The average Bonchev–Trinajstić information content (AvgIpc) is 3.17. The average molecular weight is 233 g/mol. The van der Waals surface area contributed by atoms with E-state index >= 15 is 0 Å². The molecule has 1 aromatic rings. The van der Waals surface area contributed by atoms with Crippen LogP contribution in [0.1, 0.15) is 55.8 Å². The molecule has 2 aliphatic rings. The second-order valence-electron chi connectivity index (χ2n) is 5.25. The third kappa shape index (κ3) is 2.51. The fourth-order valence-corrected chi connectivity index (χ4v) is 2.26. The molecule has 0 radical (unpaired) electrons. The SMILES string of the molecule is CC(=O)NCCn1nc(C2CC2)cc1C1CC1. The molecule has 0 aliphatic heterocycles. The minimum Gasteiger partial charge on any atom is -0.354 e. The summed E-state index contributed by atoms with van der Waals surface area (Å²) in [4.78, 5) is 10.8. The molecule has 0 saturated heterocycles. The van der Waals surface area contributed by atoms with Crippen LogP contribution in [0.15, 0.2) is 6.07 Å². The van der Waals surface area contributed by atoms with Gasteiger partial charge in [0.25, 0.3) is 0 Å². The van der Waals surface area contributed by atoms with Crippen molar-refractivity contribution < 1.29 is 4.79 Å². The molecular weight excluding hydrogens is 214 g/mol. The van der Waals surface area contributed by atoms with Crippen molar-refractivity contribution in [2.45, 2.75) is 51.0 Å². The van der Waals surface area contributed by atoms with Crippen LogP contribution in [0, 0.1) is 0 Å². The summed E-state index contributed by atoms with van der Waals surface area (Å²) in [5.74, 6) is 1.48. The van der Waals surface area contributed by atoms with Crippen molar-refractivity contribution in [3.63, 3.8) is 0 Å². The predicted molar refractivity (Wildman–Crippen MR) is 64.9 cm³/mol. The lowest BCUT2D eigenvalue weighted by Gasteiger charge is -2.06. The zero-order valence-corrected chi connectivity index (χ0v) is 10.3. The van der Waals surface area contributed by atoms with E-state index in [1.807, 2.05) is 0 Å². The van der Waals surface area contributed by atoms with Gasteiger partial charge in [-0.25, -0.2) is 0 Å². The van der Waals surface area contributed by atoms with E-state index in [1.54, 1.807) is 6.92 Å². The maximum Gasteiger partial charge on any atom is 0.216 e. The molecule has 4 heteroatoms. The highest BCUT2D eigenvalue weighted by atomic mass is 16.1. The van der Waals surface area contributed by atoms with Crippen LogP contribution in [0.5, 0.6) is 0 Å². The first kappa shape index (κ1) is 10.8. The second-order valence-corrected chi connectivity index (χ2v) is 5.25. The van der Waals surface area contributed by atoms with Crippen molar-refractivity contribution in [3.05, 3.63) is 17.5 Å². The van der Waals surface area contributed by atoms with Gasteiger partial charge in [-0.2, -0.15) is 5.10 Å². The first-order valence-electron chi connectivity index (χ1n) is 6.56. The molecule has 0 atom stereocenters. The zero-order chi connectivity index (χ0) is 11.8. The van der Waals surface area contributed by atoms with Crippen molar-refractivity contribution in [3.8, 4) is 0 Å². The van der Waals surface area contributed by atoms with Gasteiger partial charge in [-0.15, -0.1) is 0 Å². The van der Waals surface area contributed by atoms with Crippen LogP contribution < -0.4 is 5.32 Å². The summed E-state index contributed by atoms with van der Waals surface area (Å²) in [6.07, 6.45) is 5.20. The van der Waals surface area contributed by atoms with Crippen molar-refractivity contribution in [2.24, 2.45) is 0 Å². The van der Waals surface area contributed by atoms with Crippen LogP contribution in [0.4, 0.5) is 0 Å². The van der Waals surface area contributed by atoms with Crippen LogP contribution in [0.3, 0.4) is 0 Å². The topological polar surface area (TPSA) is 46.9 Å². The second kappa shape index (κ2) is 4.17. The molecule has 92 valence electrons. The fraction of sp³-hybridized carbons (Fsp3) is 0.692. The standard InChI is InChI=1S/C13H19N3O/c1-9(17)14-6-7-16-13(11-4-5-11)8-12(15-16)10-2-3-10/h8,10-11H,2-7H2,1H3,(H,14,17). The number of hydrogen-bond donors (Lipinski definition) is 1. The number of amides is 1. The number of rotatable bonds is 5. The Labute approximate surface area is 101 Å². The quantitative estimate of drug-likeness (QED) is 0.842. The Morgan fingerprint density at radius 2 is 2.12 bits per heavy atom. The molecule has 0 unspecified atom stereocenters. The van der Waals surface area contributed by atoms with E-state index in [1.165, 1.54) is 37.1 Å². The number of hydrogen-bond acceptors (Lipinski definition) is 2. The molecule has 2 aliphatic carbocycles. The van der Waals surface area contributed by atoms with Gasteiger partial charge in [0.2, 0.25) is 5.91 Å². The zero-order valence-electron chi connectivity index (χ0n) is 10.3. The summed E-state index contributed by atoms with van der Waals surface area (Å²) < 4.78 is 2.11. The van der Waals surface area contributed by atoms with E-state index in [0.29, 0.717) is 6.54 Å². The van der Waals surface area contributed by atoms with Crippen molar-refractivity contribution in [2.75, 3.05) is 6.54 Å². The highest BCUT2D eigenvalue weighted by molar-refractivity contribution is 5.72. The summed E-state index contributed by atoms with van der Waals surface area (Å²) in [5, 5.41) is 7.53. The van der Waals surface area contributed by atoms with Gasteiger partial charge in [-0.1, -0.05) is 0 Å². The molecule has 3 rings (SSSR count). The van der Waals surface area contributed by atoms with Gasteiger partial charge in [0, 0.05) is 31.0 Å². The van der Waals surface area contributed by atoms with Crippen LogP contribution in [0.2, 0.25) is 0 Å². The maximum atomic E-state index is 10.8. The van der Waals surface area contributed by atoms with Gasteiger partial charge < -0.3 is 5.32 Å². The molecular formula is C13H19N3O. The Bertz CT molecular complexity index is 430. The summed E-state index contributed by atoms with van der Waals surface area (Å²) in [5.41, 5.74) is 2.66. The molecule has 0 spiro atoms. The van der Waals surface area contributed by atoms with Gasteiger partial charge >= 0.3 is 0 Å². The lowest BCUT2D eigenvalue weighted by Crippen LogP contribution is -2.25. The van der Waals surface area contributed by atoms with E-state index in [-0.39, 0.29) is 5.91 Å². The Kier molecular flexibility index (Phi) is 2.65. The largest absolute Gasteiger partial charge is 0.354 e. The summed E-state index contributed by atoms with van der Waals surface area (Å²) in [6, 6.07) is 2.29. The van der Waals surface area contributed by atoms with E-state index < -0.39 is 0 Å². The van der Waals surface area contributed by atoms with E-state index in [4.69, 9.17) is 5.10 Å². The Hall–Kier alpha value is -1.32. The molecule has 2 fully saturated rings. The van der Waals surface area contributed by atoms with E-state index in [0.717, 1.165) is 18.4 Å². The molecule has 4 nitrogen and oxygen atoms in total. The number of nitrogens with zero attached hydrogens (tertiary/aromatic N) is 2. The Balaban J connectivity index is 1.69. The normalized spacial score (nSPS) is 19.4. The fourth-order valence-electron chi connectivity index (χ4n) is 2.26. The molecule has 1 amide bonds.